The van der Waals surface area contributed by atoms with Gasteiger partial charge in [-0.05, 0) is 25.0 Å². The minimum Gasteiger partial charge on any atom is -0.494 e. The molecule has 1 rings (SSSR count). The first-order chi connectivity index (χ1) is 9.51. The monoisotopic (exact) mass is 281 g/mol. The zero-order valence-corrected chi connectivity index (χ0v) is 11.1. The van der Waals surface area contributed by atoms with Crippen molar-refractivity contribution in [2.45, 2.75) is 18.9 Å². The zero-order valence-electron chi connectivity index (χ0n) is 11.1. The van der Waals surface area contributed by atoms with Crippen molar-refractivity contribution in [2.75, 3.05) is 7.11 Å². The minimum absolute atomic E-state index is 0.0735. The largest absolute Gasteiger partial charge is 0.494 e. The number of nitrogens with one attached hydrogen (secondary N) is 1. The molecule has 0 radical (unpaired) electrons. The number of halogens is 1. The highest BCUT2D eigenvalue weighted by molar-refractivity contribution is 5.97. The number of amides is 1. The normalized spacial score (nSPS) is 11.5. The van der Waals surface area contributed by atoms with Gasteiger partial charge in [0.2, 0.25) is 0 Å². The van der Waals surface area contributed by atoms with Crippen LogP contribution in [0.5, 0.6) is 5.75 Å². The maximum absolute atomic E-state index is 13.9. The van der Waals surface area contributed by atoms with Crippen LogP contribution in [0.15, 0.2) is 30.9 Å². The number of methoxy groups -OCH3 is 1. The van der Waals surface area contributed by atoms with Gasteiger partial charge in [-0.2, -0.15) is 0 Å². The topological polar surface area (TPSA) is 75.6 Å². The summed E-state index contributed by atoms with van der Waals surface area (Å²) in [4.78, 5) is 22.9. The van der Waals surface area contributed by atoms with Crippen LogP contribution in [0.4, 0.5) is 4.39 Å². The van der Waals surface area contributed by atoms with Gasteiger partial charge in [0.25, 0.3) is 5.91 Å². The van der Waals surface area contributed by atoms with Crippen molar-refractivity contribution >= 4 is 11.9 Å². The van der Waals surface area contributed by atoms with E-state index < -0.39 is 23.7 Å². The third-order valence-corrected chi connectivity index (χ3v) is 2.69. The average Bonchev–Trinajstić information content (AvgIpc) is 2.43. The predicted octanol–water partition coefficient (Wildman–Crippen LogP) is 1.98. The molecule has 20 heavy (non-hydrogen) atoms. The number of allylic oxidation sites excluding steroid dienone is 1. The molecule has 0 aliphatic rings. The number of ether oxygens (including phenoxy) is 1. The number of aliphatic carboxylic acids is 1. The third-order valence-electron chi connectivity index (χ3n) is 2.69. The number of carboxylic acid groups (broad SMARTS) is 1. The van der Waals surface area contributed by atoms with Crippen molar-refractivity contribution in [2.24, 2.45) is 0 Å². The maximum Gasteiger partial charge on any atom is 0.326 e. The lowest BCUT2D eigenvalue weighted by Gasteiger charge is -2.14. The molecule has 1 aromatic carbocycles. The average molecular weight is 281 g/mol. The molecule has 108 valence electrons. The van der Waals surface area contributed by atoms with Crippen molar-refractivity contribution in [3.05, 3.63) is 42.2 Å². The van der Waals surface area contributed by atoms with Crippen LogP contribution in [0.25, 0.3) is 0 Å². The van der Waals surface area contributed by atoms with Crippen LogP contribution >= 0.6 is 0 Å². The van der Waals surface area contributed by atoms with Crippen molar-refractivity contribution in [1.82, 2.24) is 5.32 Å². The number of carboxylic acids is 1. The molecule has 0 aliphatic carbocycles. The molecule has 6 heteroatoms. The van der Waals surface area contributed by atoms with E-state index in [1.807, 2.05) is 0 Å². The molecule has 0 heterocycles. The van der Waals surface area contributed by atoms with Crippen LogP contribution in [0.2, 0.25) is 0 Å². The Bertz CT molecular complexity index is 516. The van der Waals surface area contributed by atoms with E-state index in [1.165, 1.54) is 25.3 Å². The van der Waals surface area contributed by atoms with E-state index in [9.17, 15) is 14.0 Å². The van der Waals surface area contributed by atoms with Gasteiger partial charge < -0.3 is 15.2 Å². The Labute approximate surface area is 116 Å². The van der Waals surface area contributed by atoms with Crippen LogP contribution < -0.4 is 10.1 Å². The SMILES string of the molecule is C=CCCC(NC(=O)c1cccc(OC)c1F)C(=O)O. The zero-order chi connectivity index (χ0) is 15.1. The second-order valence-corrected chi connectivity index (χ2v) is 4.05. The van der Waals surface area contributed by atoms with E-state index in [1.54, 1.807) is 6.08 Å². The summed E-state index contributed by atoms with van der Waals surface area (Å²) < 4.78 is 18.6. The van der Waals surface area contributed by atoms with Gasteiger partial charge >= 0.3 is 5.97 Å². The van der Waals surface area contributed by atoms with Crippen LogP contribution in [-0.2, 0) is 4.79 Å². The van der Waals surface area contributed by atoms with Gasteiger partial charge in [-0.15, -0.1) is 6.58 Å². The van der Waals surface area contributed by atoms with Gasteiger partial charge in [-0.1, -0.05) is 12.1 Å². The van der Waals surface area contributed by atoms with E-state index in [4.69, 9.17) is 9.84 Å². The summed E-state index contributed by atoms with van der Waals surface area (Å²) in [6.45, 7) is 3.48. The van der Waals surface area contributed by atoms with Crippen LogP contribution in [0, 0.1) is 5.82 Å². The van der Waals surface area contributed by atoms with Crippen molar-refractivity contribution in [3.63, 3.8) is 0 Å². The number of hydrogen-bond acceptors (Lipinski definition) is 3. The molecular weight excluding hydrogens is 265 g/mol. The molecular formula is C14H16FNO4. The smallest absolute Gasteiger partial charge is 0.326 e. The highest BCUT2D eigenvalue weighted by atomic mass is 19.1. The third kappa shape index (κ3) is 3.81. The Morgan fingerprint density at radius 3 is 2.80 bits per heavy atom. The fourth-order valence-corrected chi connectivity index (χ4v) is 1.62. The molecule has 0 aromatic heterocycles. The van der Waals surface area contributed by atoms with Gasteiger partial charge in [0.15, 0.2) is 11.6 Å². The molecule has 2 N–H and O–H groups in total. The van der Waals surface area contributed by atoms with Crippen molar-refractivity contribution in [3.8, 4) is 5.75 Å². The second-order valence-electron chi connectivity index (χ2n) is 4.05. The summed E-state index contributed by atoms with van der Waals surface area (Å²) in [7, 11) is 1.28. The van der Waals surface area contributed by atoms with E-state index in [-0.39, 0.29) is 17.7 Å². The molecule has 5 nitrogen and oxygen atoms in total. The molecule has 1 atom stereocenters. The lowest BCUT2D eigenvalue weighted by atomic mass is 10.1. The summed E-state index contributed by atoms with van der Waals surface area (Å²) in [5, 5.41) is 11.3. The number of benzene rings is 1. The molecule has 1 amide bonds. The number of carbonyl (C=O) groups excluding carboxylic acids is 1. The lowest BCUT2D eigenvalue weighted by Crippen LogP contribution is -2.41. The van der Waals surface area contributed by atoms with E-state index in [0.29, 0.717) is 6.42 Å². The first-order valence-corrected chi connectivity index (χ1v) is 5.98. The summed E-state index contributed by atoms with van der Waals surface area (Å²) in [6, 6.07) is 3.00. The molecule has 0 aliphatic heterocycles. The summed E-state index contributed by atoms with van der Waals surface area (Å²) >= 11 is 0. The Balaban J connectivity index is 2.89. The van der Waals surface area contributed by atoms with Gasteiger partial charge in [-0.3, -0.25) is 4.79 Å². The fourth-order valence-electron chi connectivity index (χ4n) is 1.62. The fraction of sp³-hybridized carbons (Fsp3) is 0.286. The molecule has 0 bridgehead atoms. The minimum atomic E-state index is -1.18. The molecule has 0 spiro atoms. The Kier molecular flexibility index (Phi) is 5.71. The van der Waals surface area contributed by atoms with Crippen molar-refractivity contribution < 1.29 is 23.8 Å². The summed E-state index contributed by atoms with van der Waals surface area (Å²) in [6.07, 6.45) is 2.17. The van der Waals surface area contributed by atoms with Crippen LogP contribution in [0.3, 0.4) is 0 Å². The predicted molar refractivity (Wildman–Crippen MR) is 71.3 cm³/mol. The summed E-state index contributed by atoms with van der Waals surface area (Å²) in [5.41, 5.74) is -0.255. The van der Waals surface area contributed by atoms with E-state index in [0.717, 1.165) is 0 Å². The van der Waals surface area contributed by atoms with Gasteiger partial charge in [0.1, 0.15) is 6.04 Å². The highest BCUT2D eigenvalue weighted by Gasteiger charge is 2.22. The Morgan fingerprint density at radius 1 is 1.55 bits per heavy atom. The first-order valence-electron chi connectivity index (χ1n) is 5.98. The van der Waals surface area contributed by atoms with Gasteiger partial charge in [0, 0.05) is 0 Å². The second kappa shape index (κ2) is 7.28. The maximum atomic E-state index is 13.9. The molecule has 1 aromatic rings. The van der Waals surface area contributed by atoms with E-state index >= 15 is 0 Å². The molecule has 0 saturated carbocycles. The highest BCUT2D eigenvalue weighted by Crippen LogP contribution is 2.20. The molecule has 0 fully saturated rings. The standard InChI is InChI=1S/C14H16FNO4/c1-3-4-7-10(14(18)19)16-13(17)9-6-5-8-11(20-2)12(9)15/h3,5-6,8,10H,1,4,7H2,2H3,(H,16,17)(H,18,19). The Morgan fingerprint density at radius 2 is 2.25 bits per heavy atom. The molecule has 1 unspecified atom stereocenters. The van der Waals surface area contributed by atoms with Gasteiger partial charge in [0.05, 0.1) is 12.7 Å². The number of rotatable bonds is 7. The van der Waals surface area contributed by atoms with Crippen molar-refractivity contribution in [1.29, 1.82) is 0 Å². The first kappa shape index (κ1) is 15.7. The van der Waals surface area contributed by atoms with E-state index in [2.05, 4.69) is 11.9 Å². The quantitative estimate of drug-likeness (QED) is 0.749. The lowest BCUT2D eigenvalue weighted by molar-refractivity contribution is -0.139. The number of carbonyl (C=O) groups is 2. The number of hydrogen-bond donors (Lipinski definition) is 2. The van der Waals surface area contributed by atoms with Gasteiger partial charge in [-0.25, -0.2) is 9.18 Å². The Hall–Kier alpha value is -2.37. The summed E-state index contributed by atoms with van der Waals surface area (Å²) in [5.74, 6) is -2.86. The molecule has 0 saturated heterocycles. The van der Waals surface area contributed by atoms with Crippen LogP contribution in [-0.4, -0.2) is 30.1 Å². The van der Waals surface area contributed by atoms with Crippen LogP contribution in [0.1, 0.15) is 23.2 Å².